The predicted molar refractivity (Wildman–Crippen MR) is 66.9 cm³/mol. The Morgan fingerprint density at radius 3 is 2.59 bits per heavy atom. The van der Waals surface area contributed by atoms with Gasteiger partial charge in [0.15, 0.2) is 0 Å². The van der Waals surface area contributed by atoms with Crippen molar-refractivity contribution >= 4 is 6.98 Å². The second kappa shape index (κ2) is 6.48. The lowest BCUT2D eigenvalue weighted by Crippen LogP contribution is -2.33. The third kappa shape index (κ3) is 5.15. The SMILES string of the molecule is C=C(CN1CCCC(CCC)CC1)[B-](F)(F)F. The van der Waals surface area contributed by atoms with Gasteiger partial charge in [0.2, 0.25) is 0 Å². The van der Waals surface area contributed by atoms with E-state index in [-0.39, 0.29) is 6.54 Å². The van der Waals surface area contributed by atoms with Crippen molar-refractivity contribution in [3.63, 3.8) is 0 Å². The van der Waals surface area contributed by atoms with Gasteiger partial charge in [-0.25, -0.2) is 0 Å². The van der Waals surface area contributed by atoms with Crippen LogP contribution in [0.3, 0.4) is 0 Å². The maximum Gasteiger partial charge on any atom is 0.506 e. The van der Waals surface area contributed by atoms with Crippen LogP contribution >= 0.6 is 0 Å². The van der Waals surface area contributed by atoms with Gasteiger partial charge in [0, 0.05) is 0 Å². The molecule has 1 fully saturated rings. The van der Waals surface area contributed by atoms with Crippen LogP contribution in [0, 0.1) is 5.92 Å². The van der Waals surface area contributed by atoms with E-state index in [9.17, 15) is 12.9 Å². The Hall–Kier alpha value is -0.445. The molecule has 0 radical (unpaired) electrons. The second-order valence-electron chi connectivity index (χ2n) is 5.09. The molecular formula is C12H22BF3N-. The number of nitrogens with zero attached hydrogens (tertiary/aromatic N) is 1. The van der Waals surface area contributed by atoms with Gasteiger partial charge in [0.05, 0.1) is 0 Å². The summed E-state index contributed by atoms with van der Waals surface area (Å²) in [7, 11) is 0. The normalized spacial score (nSPS) is 23.4. The largest absolute Gasteiger partial charge is 0.506 e. The molecule has 1 aliphatic heterocycles. The predicted octanol–water partition coefficient (Wildman–Crippen LogP) is 3.83. The van der Waals surface area contributed by atoms with Crippen LogP contribution in [-0.4, -0.2) is 31.5 Å². The van der Waals surface area contributed by atoms with Gasteiger partial charge in [-0.15, -0.1) is 12.1 Å². The summed E-state index contributed by atoms with van der Waals surface area (Å²) >= 11 is 0. The van der Waals surface area contributed by atoms with Crippen molar-refractivity contribution in [3.05, 3.63) is 12.1 Å². The minimum absolute atomic E-state index is 0.00233. The van der Waals surface area contributed by atoms with Gasteiger partial charge in [0.1, 0.15) is 0 Å². The number of halogens is 3. The average molecular weight is 248 g/mol. The first kappa shape index (κ1) is 14.6. The van der Waals surface area contributed by atoms with Crippen LogP contribution < -0.4 is 0 Å². The molecule has 0 spiro atoms. The smallest absolute Gasteiger partial charge is 0.445 e. The maximum absolute atomic E-state index is 12.4. The number of hydrogen-bond donors (Lipinski definition) is 0. The van der Waals surface area contributed by atoms with Crippen LogP contribution in [0.4, 0.5) is 12.9 Å². The molecule has 1 saturated heterocycles. The fraction of sp³-hybridized carbons (Fsp3) is 0.833. The summed E-state index contributed by atoms with van der Waals surface area (Å²) in [6.45, 7) is 2.04. The zero-order chi connectivity index (χ0) is 12.9. The summed E-state index contributed by atoms with van der Waals surface area (Å²) in [5.74, 6) is 0.703. The number of hydrogen-bond acceptors (Lipinski definition) is 1. The van der Waals surface area contributed by atoms with E-state index in [2.05, 4.69) is 13.5 Å². The van der Waals surface area contributed by atoms with Crippen LogP contribution in [0.15, 0.2) is 12.1 Å². The van der Waals surface area contributed by atoms with Gasteiger partial charge in [0.25, 0.3) is 0 Å². The third-order valence-electron chi connectivity index (χ3n) is 3.53. The summed E-state index contributed by atoms with van der Waals surface area (Å²) in [5.41, 5.74) is -0.557. The molecule has 0 saturated carbocycles. The van der Waals surface area contributed by atoms with E-state index in [0.717, 1.165) is 32.4 Å². The fourth-order valence-corrected chi connectivity index (χ4v) is 2.47. The molecule has 1 heterocycles. The zero-order valence-corrected chi connectivity index (χ0v) is 10.6. The Kier molecular flexibility index (Phi) is 5.57. The molecule has 0 N–H and O–H groups in total. The van der Waals surface area contributed by atoms with Gasteiger partial charge in [-0.2, -0.15) is 0 Å². The Bertz CT molecular complexity index is 253. The maximum atomic E-state index is 12.4. The molecule has 100 valence electrons. The van der Waals surface area contributed by atoms with E-state index >= 15 is 0 Å². The molecule has 1 atom stereocenters. The minimum Gasteiger partial charge on any atom is -0.445 e. The van der Waals surface area contributed by atoms with Gasteiger partial charge >= 0.3 is 6.98 Å². The Morgan fingerprint density at radius 1 is 1.29 bits per heavy atom. The Balaban J connectivity index is 2.39. The van der Waals surface area contributed by atoms with E-state index < -0.39 is 12.4 Å². The highest BCUT2D eigenvalue weighted by atomic mass is 19.4. The summed E-state index contributed by atoms with van der Waals surface area (Å²) in [6, 6.07) is 0. The van der Waals surface area contributed by atoms with Crippen LogP contribution in [0.25, 0.3) is 0 Å². The van der Waals surface area contributed by atoms with Crippen molar-refractivity contribution in [1.82, 2.24) is 4.90 Å². The Morgan fingerprint density at radius 2 is 2.00 bits per heavy atom. The molecule has 1 rings (SSSR count). The van der Waals surface area contributed by atoms with Gasteiger partial charge in [-0.05, 0) is 44.8 Å². The lowest BCUT2D eigenvalue weighted by atomic mass is 9.80. The van der Waals surface area contributed by atoms with E-state index in [0.29, 0.717) is 5.92 Å². The van der Waals surface area contributed by atoms with Crippen LogP contribution in [0.5, 0.6) is 0 Å². The quantitative estimate of drug-likeness (QED) is 0.668. The van der Waals surface area contributed by atoms with Crippen LogP contribution in [0.1, 0.15) is 39.0 Å². The average Bonchev–Trinajstić information content (AvgIpc) is 2.43. The third-order valence-corrected chi connectivity index (χ3v) is 3.53. The zero-order valence-electron chi connectivity index (χ0n) is 10.6. The van der Waals surface area contributed by atoms with E-state index in [1.807, 2.05) is 4.90 Å². The number of likely N-dealkylation sites (tertiary alicyclic amines) is 1. The van der Waals surface area contributed by atoms with Crippen molar-refractivity contribution in [2.45, 2.75) is 39.0 Å². The van der Waals surface area contributed by atoms with Gasteiger partial charge < -0.3 is 17.8 Å². The molecule has 0 aliphatic carbocycles. The highest BCUT2D eigenvalue weighted by Gasteiger charge is 2.28. The highest BCUT2D eigenvalue weighted by Crippen LogP contribution is 2.24. The van der Waals surface area contributed by atoms with Crippen LogP contribution in [-0.2, 0) is 0 Å². The molecule has 0 aromatic rings. The first-order chi connectivity index (χ1) is 7.93. The van der Waals surface area contributed by atoms with E-state index in [1.54, 1.807) is 0 Å². The fourth-order valence-electron chi connectivity index (χ4n) is 2.47. The van der Waals surface area contributed by atoms with E-state index in [4.69, 9.17) is 0 Å². The highest BCUT2D eigenvalue weighted by molar-refractivity contribution is 6.66. The van der Waals surface area contributed by atoms with Crippen molar-refractivity contribution < 1.29 is 12.9 Å². The molecular weight excluding hydrogens is 226 g/mol. The van der Waals surface area contributed by atoms with Crippen molar-refractivity contribution in [2.75, 3.05) is 19.6 Å². The lowest BCUT2D eigenvalue weighted by Gasteiger charge is -2.26. The van der Waals surface area contributed by atoms with E-state index in [1.165, 1.54) is 12.8 Å². The summed E-state index contributed by atoms with van der Waals surface area (Å²) < 4.78 is 37.3. The molecule has 0 bridgehead atoms. The lowest BCUT2D eigenvalue weighted by molar-refractivity contribution is 0.300. The monoisotopic (exact) mass is 248 g/mol. The molecule has 0 amide bonds. The summed E-state index contributed by atoms with van der Waals surface area (Å²) in [6.07, 6.45) is 5.59. The molecule has 5 heteroatoms. The molecule has 1 nitrogen and oxygen atoms in total. The van der Waals surface area contributed by atoms with Gasteiger partial charge in [-0.3, -0.25) is 0 Å². The van der Waals surface area contributed by atoms with Crippen molar-refractivity contribution in [2.24, 2.45) is 5.92 Å². The van der Waals surface area contributed by atoms with Crippen molar-refractivity contribution in [3.8, 4) is 0 Å². The first-order valence-corrected chi connectivity index (χ1v) is 6.53. The standard InChI is InChI=1S/C12H22BF3N/c1-3-5-12-6-4-8-17(9-7-12)10-11(2)13(14,15)16/h12H,2-10H2,1H3/q-1. The topological polar surface area (TPSA) is 3.24 Å². The summed E-state index contributed by atoms with van der Waals surface area (Å²) in [5, 5.41) is 0. The first-order valence-electron chi connectivity index (χ1n) is 6.53. The second-order valence-corrected chi connectivity index (χ2v) is 5.09. The molecule has 1 unspecified atom stereocenters. The molecule has 1 aliphatic rings. The number of rotatable bonds is 5. The minimum atomic E-state index is -4.87. The summed E-state index contributed by atoms with van der Waals surface area (Å²) in [4.78, 5) is 1.91. The Labute approximate surface area is 102 Å². The molecule has 0 aromatic heterocycles. The molecule has 0 aromatic carbocycles. The molecule has 17 heavy (non-hydrogen) atoms. The van der Waals surface area contributed by atoms with Crippen LogP contribution in [0.2, 0.25) is 0 Å². The van der Waals surface area contributed by atoms with Crippen molar-refractivity contribution in [1.29, 1.82) is 0 Å². The van der Waals surface area contributed by atoms with Gasteiger partial charge in [-0.1, -0.05) is 19.8 Å².